The van der Waals surface area contributed by atoms with Crippen LogP contribution in [0.25, 0.3) is 10.9 Å². The number of fused-ring (bicyclic) bond motifs is 5. The highest BCUT2D eigenvalue weighted by Crippen LogP contribution is 2.46. The van der Waals surface area contributed by atoms with Crippen LogP contribution in [0, 0.1) is 6.92 Å². The summed E-state index contributed by atoms with van der Waals surface area (Å²) in [5.41, 5.74) is 6.73. The molecule has 2 heterocycles. The molecule has 3 unspecified atom stereocenters. The highest BCUT2D eigenvalue weighted by atomic mass is 16.5. The van der Waals surface area contributed by atoms with E-state index in [2.05, 4.69) is 41.5 Å². The van der Waals surface area contributed by atoms with Gasteiger partial charge < -0.3 is 19.8 Å². The quantitative estimate of drug-likeness (QED) is 0.626. The molecule has 1 aliphatic heterocycles. The van der Waals surface area contributed by atoms with Crippen LogP contribution in [0.1, 0.15) is 60.0 Å². The average Bonchev–Trinajstić information content (AvgIpc) is 3.13. The molecule has 3 atom stereocenters. The van der Waals surface area contributed by atoms with Crippen LogP contribution in [0.2, 0.25) is 0 Å². The number of benzene rings is 2. The molecule has 2 aliphatic rings. The van der Waals surface area contributed by atoms with Gasteiger partial charge in [0.1, 0.15) is 11.5 Å². The predicted molar refractivity (Wildman–Crippen MR) is 117 cm³/mol. The maximum Gasteiger partial charge on any atom is 0.125 e. The molecule has 1 aromatic heterocycles. The van der Waals surface area contributed by atoms with E-state index in [0.29, 0.717) is 12.0 Å². The Kier molecular flexibility index (Phi) is 4.75. The molecular weight excluding hydrogens is 360 g/mol. The van der Waals surface area contributed by atoms with Crippen molar-refractivity contribution in [2.75, 3.05) is 14.2 Å². The molecule has 1 fully saturated rings. The van der Waals surface area contributed by atoms with E-state index in [1.807, 2.05) is 12.1 Å². The van der Waals surface area contributed by atoms with Gasteiger partial charge in [0.05, 0.1) is 20.3 Å². The largest absolute Gasteiger partial charge is 0.497 e. The molecule has 1 aliphatic carbocycles. The highest BCUT2D eigenvalue weighted by Gasteiger charge is 2.38. The Labute approximate surface area is 172 Å². The third kappa shape index (κ3) is 3.20. The number of rotatable bonds is 4. The number of hydrogen-bond acceptors (Lipinski definition) is 3. The van der Waals surface area contributed by atoms with E-state index in [-0.39, 0.29) is 6.04 Å². The summed E-state index contributed by atoms with van der Waals surface area (Å²) in [5.74, 6) is 2.34. The number of aryl methyl sites for hydroxylation is 1. The second-order valence-corrected chi connectivity index (χ2v) is 8.60. The number of ether oxygens (including phenoxy) is 2. The molecule has 3 aromatic rings. The van der Waals surface area contributed by atoms with E-state index in [1.165, 1.54) is 53.4 Å². The minimum atomic E-state index is 0.263. The Balaban J connectivity index is 1.59. The van der Waals surface area contributed by atoms with Crippen molar-refractivity contribution in [2.24, 2.45) is 0 Å². The summed E-state index contributed by atoms with van der Waals surface area (Å²) in [7, 11) is 3.43. The zero-order chi connectivity index (χ0) is 20.0. The lowest BCUT2D eigenvalue weighted by Crippen LogP contribution is -2.44. The number of aromatic nitrogens is 1. The smallest absolute Gasteiger partial charge is 0.125 e. The van der Waals surface area contributed by atoms with Gasteiger partial charge in [0.2, 0.25) is 0 Å². The topological polar surface area (TPSA) is 46.3 Å². The van der Waals surface area contributed by atoms with Crippen LogP contribution in [-0.4, -0.2) is 25.2 Å². The van der Waals surface area contributed by atoms with Crippen LogP contribution in [-0.2, 0) is 6.42 Å². The molecule has 4 heteroatoms. The van der Waals surface area contributed by atoms with E-state index in [0.717, 1.165) is 17.9 Å². The first-order chi connectivity index (χ1) is 14.2. The van der Waals surface area contributed by atoms with Gasteiger partial charge in [-0.2, -0.15) is 0 Å². The molecule has 0 spiro atoms. The van der Waals surface area contributed by atoms with Gasteiger partial charge in [0, 0.05) is 34.6 Å². The van der Waals surface area contributed by atoms with Gasteiger partial charge in [-0.15, -0.1) is 0 Å². The highest BCUT2D eigenvalue weighted by molar-refractivity contribution is 5.86. The third-order valence-corrected chi connectivity index (χ3v) is 6.84. The Morgan fingerprint density at radius 2 is 1.86 bits per heavy atom. The number of nitrogens with one attached hydrogen (secondary N) is 2. The Morgan fingerprint density at radius 3 is 2.69 bits per heavy atom. The summed E-state index contributed by atoms with van der Waals surface area (Å²) in [6.07, 6.45) is 6.10. The van der Waals surface area contributed by atoms with Crippen molar-refractivity contribution in [3.8, 4) is 11.5 Å². The Hall–Kier alpha value is -2.46. The van der Waals surface area contributed by atoms with E-state index >= 15 is 0 Å². The molecule has 1 saturated carbocycles. The zero-order valence-electron chi connectivity index (χ0n) is 17.5. The normalized spacial score (nSPS) is 23.5. The molecule has 0 radical (unpaired) electrons. The van der Waals surface area contributed by atoms with Crippen molar-refractivity contribution in [1.29, 1.82) is 0 Å². The standard InChI is InChI=1S/C25H30N2O2/c1-15-8-11-21-19(12-15)24-18-6-4-5-7-20(18)26-22(25(24)27-21)13-16-9-10-17(28-2)14-23(16)29-3/h8-12,14,18,20,22,26-27H,4-7,13H2,1-3H3. The van der Waals surface area contributed by atoms with Crippen molar-refractivity contribution in [2.45, 2.75) is 57.0 Å². The molecule has 5 rings (SSSR count). The summed E-state index contributed by atoms with van der Waals surface area (Å²) in [4.78, 5) is 3.78. The summed E-state index contributed by atoms with van der Waals surface area (Å²) in [6.45, 7) is 2.19. The minimum Gasteiger partial charge on any atom is -0.497 e. The first-order valence-electron chi connectivity index (χ1n) is 10.8. The lowest BCUT2D eigenvalue weighted by Gasteiger charge is -2.41. The molecule has 29 heavy (non-hydrogen) atoms. The van der Waals surface area contributed by atoms with Crippen molar-refractivity contribution in [3.63, 3.8) is 0 Å². The summed E-state index contributed by atoms with van der Waals surface area (Å²) >= 11 is 0. The number of aromatic amines is 1. The fraction of sp³-hybridized carbons (Fsp3) is 0.440. The van der Waals surface area contributed by atoms with E-state index in [1.54, 1.807) is 19.8 Å². The summed E-state index contributed by atoms with van der Waals surface area (Å²) < 4.78 is 11.1. The van der Waals surface area contributed by atoms with Crippen molar-refractivity contribution in [1.82, 2.24) is 10.3 Å². The van der Waals surface area contributed by atoms with Crippen LogP contribution in [0.3, 0.4) is 0 Å². The van der Waals surface area contributed by atoms with Gasteiger partial charge in [-0.05, 0) is 55.5 Å². The maximum absolute atomic E-state index is 5.68. The molecule has 0 saturated heterocycles. The second kappa shape index (κ2) is 7.42. The third-order valence-electron chi connectivity index (χ3n) is 6.84. The van der Waals surface area contributed by atoms with Gasteiger partial charge in [0.15, 0.2) is 0 Å². The van der Waals surface area contributed by atoms with Crippen molar-refractivity contribution < 1.29 is 9.47 Å². The zero-order valence-corrected chi connectivity index (χ0v) is 17.5. The average molecular weight is 391 g/mol. The molecule has 2 N–H and O–H groups in total. The maximum atomic E-state index is 5.68. The van der Waals surface area contributed by atoms with E-state index in [4.69, 9.17) is 9.47 Å². The Morgan fingerprint density at radius 1 is 1.00 bits per heavy atom. The lowest BCUT2D eigenvalue weighted by molar-refractivity contribution is 0.273. The van der Waals surface area contributed by atoms with Gasteiger partial charge in [0.25, 0.3) is 0 Å². The summed E-state index contributed by atoms with van der Waals surface area (Å²) in [5, 5.41) is 5.42. The number of H-pyrrole nitrogens is 1. The van der Waals surface area contributed by atoms with Crippen LogP contribution < -0.4 is 14.8 Å². The van der Waals surface area contributed by atoms with Gasteiger partial charge in [-0.1, -0.05) is 30.5 Å². The molecule has 0 amide bonds. The minimum absolute atomic E-state index is 0.263. The van der Waals surface area contributed by atoms with Crippen LogP contribution >= 0.6 is 0 Å². The molecule has 4 nitrogen and oxygen atoms in total. The van der Waals surface area contributed by atoms with Crippen molar-refractivity contribution >= 4 is 10.9 Å². The van der Waals surface area contributed by atoms with Gasteiger partial charge in [-0.3, -0.25) is 0 Å². The van der Waals surface area contributed by atoms with Crippen LogP contribution in [0.4, 0.5) is 0 Å². The first kappa shape index (κ1) is 18.6. The summed E-state index contributed by atoms with van der Waals surface area (Å²) in [6, 6.07) is 13.8. The molecule has 0 bridgehead atoms. The number of hydrogen-bond donors (Lipinski definition) is 2. The van der Waals surface area contributed by atoms with E-state index in [9.17, 15) is 0 Å². The predicted octanol–water partition coefficient (Wildman–Crippen LogP) is 5.41. The number of methoxy groups -OCH3 is 2. The van der Waals surface area contributed by atoms with Crippen molar-refractivity contribution in [3.05, 3.63) is 58.8 Å². The first-order valence-corrected chi connectivity index (χ1v) is 10.8. The second-order valence-electron chi connectivity index (χ2n) is 8.60. The van der Waals surface area contributed by atoms with Gasteiger partial charge in [-0.25, -0.2) is 0 Å². The van der Waals surface area contributed by atoms with E-state index < -0.39 is 0 Å². The Bertz CT molecular complexity index is 1040. The fourth-order valence-corrected chi connectivity index (χ4v) is 5.44. The molecule has 152 valence electrons. The van der Waals surface area contributed by atoms with Crippen LogP contribution in [0.15, 0.2) is 36.4 Å². The lowest BCUT2D eigenvalue weighted by atomic mass is 9.74. The monoisotopic (exact) mass is 390 g/mol. The van der Waals surface area contributed by atoms with Gasteiger partial charge >= 0.3 is 0 Å². The fourth-order valence-electron chi connectivity index (χ4n) is 5.44. The molecule has 2 aromatic carbocycles. The molecular formula is C25H30N2O2. The van der Waals surface area contributed by atoms with Crippen LogP contribution in [0.5, 0.6) is 11.5 Å². The SMILES string of the molecule is COc1ccc(CC2NC3CCCCC3c3c2[nH]c2ccc(C)cc32)c(OC)c1.